The zero-order chi connectivity index (χ0) is 20.0. The molecule has 0 saturated carbocycles. The quantitative estimate of drug-likeness (QED) is 0.669. The van der Waals surface area contributed by atoms with E-state index in [1.54, 1.807) is 13.3 Å². The van der Waals surface area contributed by atoms with Crippen LogP contribution in [0.3, 0.4) is 0 Å². The topological polar surface area (TPSA) is 60.5 Å². The minimum Gasteiger partial charge on any atom is -0.494 e. The molecule has 148 valence electrons. The normalized spacial score (nSPS) is 12.0. The third-order valence-corrected chi connectivity index (χ3v) is 4.51. The van der Waals surface area contributed by atoms with E-state index in [1.165, 1.54) is 0 Å². The second-order valence-electron chi connectivity index (χ2n) is 7.79. The van der Waals surface area contributed by atoms with E-state index in [9.17, 15) is 4.79 Å². The van der Waals surface area contributed by atoms with Crippen LogP contribution in [0.15, 0.2) is 30.5 Å². The number of nitrogens with zero attached hydrogens (tertiary/aromatic N) is 1. The van der Waals surface area contributed by atoms with Crippen molar-refractivity contribution in [2.45, 2.75) is 53.1 Å². The van der Waals surface area contributed by atoms with Gasteiger partial charge < -0.3 is 14.8 Å². The molecule has 5 heteroatoms. The van der Waals surface area contributed by atoms with Crippen LogP contribution in [-0.4, -0.2) is 30.2 Å². The van der Waals surface area contributed by atoms with Gasteiger partial charge in [-0.3, -0.25) is 9.78 Å². The van der Waals surface area contributed by atoms with Crippen LogP contribution in [-0.2, 0) is 9.53 Å². The van der Waals surface area contributed by atoms with E-state index < -0.39 is 5.60 Å². The van der Waals surface area contributed by atoms with Gasteiger partial charge in [-0.2, -0.15) is 0 Å². The van der Waals surface area contributed by atoms with Gasteiger partial charge in [-0.25, -0.2) is 0 Å². The molecule has 1 aromatic heterocycles. The lowest BCUT2D eigenvalue weighted by Crippen LogP contribution is -2.47. The second kappa shape index (κ2) is 9.18. The molecule has 0 atom stereocenters. The van der Waals surface area contributed by atoms with Crippen molar-refractivity contribution in [2.24, 2.45) is 11.8 Å². The number of nitrogens with one attached hydrogen (secondary N) is 1. The van der Waals surface area contributed by atoms with Crippen molar-refractivity contribution in [3.8, 4) is 5.75 Å². The molecule has 27 heavy (non-hydrogen) atoms. The number of aromatic nitrogens is 1. The molecule has 1 amide bonds. The summed E-state index contributed by atoms with van der Waals surface area (Å²) in [5.74, 6) is 1.27. The van der Waals surface area contributed by atoms with Crippen LogP contribution < -0.4 is 10.1 Å². The molecule has 0 radical (unpaired) electrons. The molecule has 5 nitrogen and oxygen atoms in total. The molecule has 0 unspecified atom stereocenters. The number of amides is 1. The standard InChI is InChI=1S/C22H32N2O3/c1-7-27-22(13-15(2)3,14-16(4)5)21(25)24-18-10-11-19(26-6)20-17(18)9-8-12-23-20/h8-12,15-16H,7,13-14H2,1-6H3,(H,24,25). The van der Waals surface area contributed by atoms with Crippen molar-refractivity contribution < 1.29 is 14.3 Å². The summed E-state index contributed by atoms with van der Waals surface area (Å²) in [5, 5.41) is 3.96. The number of rotatable bonds is 9. The van der Waals surface area contributed by atoms with Crippen LogP contribution in [0.5, 0.6) is 5.75 Å². The number of anilines is 1. The zero-order valence-corrected chi connectivity index (χ0v) is 17.3. The highest BCUT2D eigenvalue weighted by molar-refractivity contribution is 6.05. The van der Waals surface area contributed by atoms with Crippen LogP contribution in [0.2, 0.25) is 0 Å². The molecule has 0 fully saturated rings. The van der Waals surface area contributed by atoms with E-state index in [0.717, 1.165) is 16.6 Å². The van der Waals surface area contributed by atoms with Gasteiger partial charge in [0.2, 0.25) is 0 Å². The Balaban J connectivity index is 2.43. The maximum absolute atomic E-state index is 13.4. The molecule has 1 N–H and O–H groups in total. The van der Waals surface area contributed by atoms with E-state index in [-0.39, 0.29) is 5.91 Å². The molecule has 2 aromatic rings. The smallest absolute Gasteiger partial charge is 0.256 e. The maximum atomic E-state index is 13.4. The first kappa shape index (κ1) is 21.2. The Bertz CT molecular complexity index is 761. The van der Waals surface area contributed by atoms with E-state index in [4.69, 9.17) is 9.47 Å². The van der Waals surface area contributed by atoms with Gasteiger partial charge in [-0.05, 0) is 55.9 Å². The zero-order valence-electron chi connectivity index (χ0n) is 17.3. The van der Waals surface area contributed by atoms with Crippen LogP contribution in [0, 0.1) is 11.8 Å². The first-order chi connectivity index (χ1) is 12.8. The largest absolute Gasteiger partial charge is 0.494 e. The number of ether oxygens (including phenoxy) is 2. The fourth-order valence-electron chi connectivity index (χ4n) is 3.70. The average Bonchev–Trinajstić information content (AvgIpc) is 2.61. The van der Waals surface area contributed by atoms with Crippen molar-refractivity contribution in [2.75, 3.05) is 19.0 Å². The number of carbonyl (C=O) groups excluding carboxylic acids is 1. The molecule has 0 aliphatic heterocycles. The van der Waals surface area contributed by atoms with Crippen molar-refractivity contribution in [3.63, 3.8) is 0 Å². The monoisotopic (exact) mass is 372 g/mol. The predicted molar refractivity (Wildman–Crippen MR) is 110 cm³/mol. The lowest BCUT2D eigenvalue weighted by Gasteiger charge is -2.35. The van der Waals surface area contributed by atoms with Crippen LogP contribution >= 0.6 is 0 Å². The number of hydrogen-bond acceptors (Lipinski definition) is 4. The van der Waals surface area contributed by atoms with Gasteiger partial charge >= 0.3 is 0 Å². The van der Waals surface area contributed by atoms with Crippen LogP contribution in [0.25, 0.3) is 10.9 Å². The first-order valence-electron chi connectivity index (χ1n) is 9.70. The van der Waals surface area contributed by atoms with Crippen LogP contribution in [0.1, 0.15) is 47.5 Å². The van der Waals surface area contributed by atoms with E-state index in [0.29, 0.717) is 37.0 Å². The molecular formula is C22H32N2O3. The molecular weight excluding hydrogens is 340 g/mol. The average molecular weight is 373 g/mol. The molecule has 1 heterocycles. The van der Waals surface area contributed by atoms with Crippen molar-refractivity contribution in [1.82, 2.24) is 4.98 Å². The van der Waals surface area contributed by atoms with Crippen molar-refractivity contribution >= 4 is 22.5 Å². The molecule has 0 saturated heterocycles. The Kier molecular flexibility index (Phi) is 7.19. The highest BCUT2D eigenvalue weighted by atomic mass is 16.5. The molecule has 0 aliphatic rings. The Morgan fingerprint density at radius 2 is 1.81 bits per heavy atom. The molecule has 0 aliphatic carbocycles. The Hall–Kier alpha value is -2.14. The van der Waals surface area contributed by atoms with Crippen molar-refractivity contribution in [1.29, 1.82) is 0 Å². The lowest BCUT2D eigenvalue weighted by atomic mass is 9.83. The summed E-state index contributed by atoms with van der Waals surface area (Å²) in [4.78, 5) is 17.8. The SMILES string of the molecule is CCOC(CC(C)C)(CC(C)C)C(=O)Nc1ccc(OC)c2ncccc12. The maximum Gasteiger partial charge on any atom is 0.256 e. The predicted octanol–water partition coefficient (Wildman–Crippen LogP) is 5.05. The summed E-state index contributed by atoms with van der Waals surface area (Å²) in [6.45, 7) is 10.9. The van der Waals surface area contributed by atoms with Gasteiger partial charge in [0.05, 0.1) is 12.8 Å². The summed E-state index contributed by atoms with van der Waals surface area (Å²) >= 11 is 0. The second-order valence-corrected chi connectivity index (χ2v) is 7.79. The third kappa shape index (κ3) is 4.98. The highest BCUT2D eigenvalue weighted by Crippen LogP contribution is 2.34. The highest BCUT2D eigenvalue weighted by Gasteiger charge is 2.40. The van der Waals surface area contributed by atoms with E-state index >= 15 is 0 Å². The fourth-order valence-corrected chi connectivity index (χ4v) is 3.70. The number of pyridine rings is 1. The summed E-state index contributed by atoms with van der Waals surface area (Å²) in [6, 6.07) is 7.49. The summed E-state index contributed by atoms with van der Waals surface area (Å²) in [5.41, 5.74) is 0.610. The molecule has 0 spiro atoms. The molecule has 1 aromatic carbocycles. The summed E-state index contributed by atoms with van der Waals surface area (Å²) in [7, 11) is 1.62. The number of fused-ring (bicyclic) bond motifs is 1. The molecule has 2 rings (SSSR count). The Labute approximate surface area is 162 Å². The van der Waals surface area contributed by atoms with Gasteiger partial charge in [-0.1, -0.05) is 27.7 Å². The third-order valence-electron chi connectivity index (χ3n) is 4.51. The van der Waals surface area contributed by atoms with Crippen LogP contribution in [0.4, 0.5) is 5.69 Å². The van der Waals surface area contributed by atoms with E-state index in [1.807, 2.05) is 31.2 Å². The molecule has 0 bridgehead atoms. The van der Waals surface area contributed by atoms with Gasteiger partial charge in [0.15, 0.2) is 0 Å². The number of benzene rings is 1. The lowest BCUT2D eigenvalue weighted by molar-refractivity contribution is -0.146. The Morgan fingerprint density at radius 1 is 1.15 bits per heavy atom. The number of hydrogen-bond donors (Lipinski definition) is 1. The van der Waals surface area contributed by atoms with Gasteiger partial charge in [0.1, 0.15) is 16.9 Å². The minimum absolute atomic E-state index is 0.0953. The minimum atomic E-state index is -0.842. The van der Waals surface area contributed by atoms with Gasteiger partial charge in [0.25, 0.3) is 5.91 Å². The van der Waals surface area contributed by atoms with Gasteiger partial charge in [-0.15, -0.1) is 0 Å². The number of carbonyl (C=O) groups is 1. The first-order valence-corrected chi connectivity index (χ1v) is 9.70. The Morgan fingerprint density at radius 3 is 2.37 bits per heavy atom. The summed E-state index contributed by atoms with van der Waals surface area (Å²) < 4.78 is 11.5. The van der Waals surface area contributed by atoms with Gasteiger partial charge in [0, 0.05) is 18.2 Å². The van der Waals surface area contributed by atoms with E-state index in [2.05, 4.69) is 38.0 Å². The van der Waals surface area contributed by atoms with Crippen molar-refractivity contribution in [3.05, 3.63) is 30.5 Å². The summed E-state index contributed by atoms with van der Waals surface area (Å²) in [6.07, 6.45) is 3.08. The fraction of sp³-hybridized carbons (Fsp3) is 0.545. The number of methoxy groups -OCH3 is 1.